The highest BCUT2D eigenvalue weighted by Crippen LogP contribution is 2.25. The van der Waals surface area contributed by atoms with Crippen LogP contribution in [-0.2, 0) is 6.54 Å². The van der Waals surface area contributed by atoms with E-state index in [0.717, 1.165) is 12.1 Å². The lowest BCUT2D eigenvalue weighted by Crippen LogP contribution is -2.16. The van der Waals surface area contributed by atoms with E-state index in [4.69, 9.17) is 10.00 Å². The molecule has 0 aliphatic carbocycles. The second-order valence-corrected chi connectivity index (χ2v) is 5.10. The highest BCUT2D eigenvalue weighted by Gasteiger charge is 2.17. The third-order valence-electron chi connectivity index (χ3n) is 2.89. The molecule has 3 nitrogen and oxygen atoms in total. The summed E-state index contributed by atoms with van der Waals surface area (Å²) in [4.78, 5) is 0. The second-order valence-electron chi connectivity index (χ2n) is 5.10. The molecule has 0 atom stereocenters. The highest BCUT2D eigenvalue weighted by molar-refractivity contribution is 5.34. The molecule has 4 heteroatoms. The summed E-state index contributed by atoms with van der Waals surface area (Å²) >= 11 is 0. The summed E-state index contributed by atoms with van der Waals surface area (Å²) in [6, 6.07) is 7.11. The van der Waals surface area contributed by atoms with Gasteiger partial charge in [-0.15, -0.1) is 0 Å². The van der Waals surface area contributed by atoms with Crippen molar-refractivity contribution >= 4 is 0 Å². The van der Waals surface area contributed by atoms with Crippen molar-refractivity contribution in [2.75, 3.05) is 13.2 Å². The molecule has 1 N–H and O–H groups in total. The van der Waals surface area contributed by atoms with Gasteiger partial charge >= 0.3 is 0 Å². The van der Waals surface area contributed by atoms with Gasteiger partial charge in [-0.25, -0.2) is 4.39 Å². The van der Waals surface area contributed by atoms with E-state index in [0.29, 0.717) is 19.6 Å². The van der Waals surface area contributed by atoms with E-state index in [1.54, 1.807) is 6.07 Å². The van der Waals surface area contributed by atoms with Crippen molar-refractivity contribution in [2.24, 2.45) is 5.41 Å². The van der Waals surface area contributed by atoms with Crippen molar-refractivity contribution in [3.63, 3.8) is 0 Å². The zero-order valence-corrected chi connectivity index (χ0v) is 11.8. The van der Waals surface area contributed by atoms with E-state index in [9.17, 15) is 4.39 Å². The Balaban J connectivity index is 2.69. The molecule has 1 rings (SSSR count). The van der Waals surface area contributed by atoms with Crippen LogP contribution in [0.15, 0.2) is 18.2 Å². The lowest BCUT2D eigenvalue weighted by molar-refractivity contribution is 0.252. The molecule has 0 unspecified atom stereocenters. The number of benzene rings is 1. The van der Waals surface area contributed by atoms with Crippen molar-refractivity contribution in [3.05, 3.63) is 29.6 Å². The van der Waals surface area contributed by atoms with Crippen molar-refractivity contribution in [1.29, 1.82) is 5.26 Å². The fraction of sp³-hybridized carbons (Fsp3) is 0.533. The van der Waals surface area contributed by atoms with Gasteiger partial charge in [0.1, 0.15) is 0 Å². The molecule has 0 saturated carbocycles. The highest BCUT2D eigenvalue weighted by atomic mass is 19.1. The van der Waals surface area contributed by atoms with Gasteiger partial charge in [0.2, 0.25) is 0 Å². The second kappa shape index (κ2) is 7.10. The van der Waals surface area contributed by atoms with Crippen LogP contribution in [0.2, 0.25) is 0 Å². The minimum Gasteiger partial charge on any atom is -0.490 e. The molecule has 0 aromatic heterocycles. The number of hydrogen-bond acceptors (Lipinski definition) is 3. The number of halogens is 1. The monoisotopic (exact) mass is 264 g/mol. The third kappa shape index (κ3) is 4.88. The van der Waals surface area contributed by atoms with Crippen LogP contribution in [0.1, 0.15) is 32.8 Å². The predicted molar refractivity (Wildman–Crippen MR) is 73.3 cm³/mol. The van der Waals surface area contributed by atoms with E-state index in [2.05, 4.69) is 11.4 Å². The number of nitrogens with zero attached hydrogens (tertiary/aromatic N) is 1. The fourth-order valence-corrected chi connectivity index (χ4v) is 1.58. The zero-order valence-electron chi connectivity index (χ0n) is 11.8. The smallest absolute Gasteiger partial charge is 0.165 e. The van der Waals surface area contributed by atoms with Gasteiger partial charge in [-0.3, -0.25) is 0 Å². The molecule has 0 heterocycles. The first-order valence-electron chi connectivity index (χ1n) is 6.52. The standard InChI is InChI=1S/C15H21FN2O/c1-4-18-10-12-6-5-7-13(16)14(12)19-9-8-15(2,3)11-17/h5-7,18H,4,8-10H2,1-3H3. The van der Waals surface area contributed by atoms with Crippen LogP contribution in [0.4, 0.5) is 4.39 Å². The van der Waals surface area contributed by atoms with Crippen molar-refractivity contribution in [1.82, 2.24) is 5.32 Å². The molecule has 0 bridgehead atoms. The Morgan fingerprint density at radius 3 is 2.79 bits per heavy atom. The van der Waals surface area contributed by atoms with Crippen molar-refractivity contribution in [2.45, 2.75) is 33.7 Å². The maximum atomic E-state index is 13.8. The number of nitriles is 1. The summed E-state index contributed by atoms with van der Waals surface area (Å²) in [5, 5.41) is 12.1. The van der Waals surface area contributed by atoms with Gasteiger partial charge in [-0.05, 0) is 32.9 Å². The molecule has 0 spiro atoms. The van der Waals surface area contributed by atoms with Crippen LogP contribution in [-0.4, -0.2) is 13.2 Å². The van der Waals surface area contributed by atoms with Gasteiger partial charge in [0.25, 0.3) is 0 Å². The summed E-state index contributed by atoms with van der Waals surface area (Å²) in [5.41, 5.74) is 0.351. The number of rotatable bonds is 7. The Morgan fingerprint density at radius 2 is 2.16 bits per heavy atom. The molecule has 0 radical (unpaired) electrons. The molecular weight excluding hydrogens is 243 g/mol. The van der Waals surface area contributed by atoms with Crippen LogP contribution < -0.4 is 10.1 Å². The van der Waals surface area contributed by atoms with E-state index in [-0.39, 0.29) is 11.6 Å². The van der Waals surface area contributed by atoms with E-state index < -0.39 is 5.41 Å². The van der Waals surface area contributed by atoms with Crippen LogP contribution >= 0.6 is 0 Å². The summed E-state index contributed by atoms with van der Waals surface area (Å²) < 4.78 is 19.3. The number of nitrogens with one attached hydrogen (secondary N) is 1. The first-order chi connectivity index (χ1) is 9.00. The van der Waals surface area contributed by atoms with Crippen molar-refractivity contribution < 1.29 is 9.13 Å². The fourth-order valence-electron chi connectivity index (χ4n) is 1.58. The molecule has 19 heavy (non-hydrogen) atoms. The van der Waals surface area contributed by atoms with Gasteiger partial charge in [-0.2, -0.15) is 5.26 Å². The Bertz CT molecular complexity index is 452. The molecule has 0 amide bonds. The first kappa shape index (κ1) is 15.5. The lowest BCUT2D eigenvalue weighted by Gasteiger charge is -2.17. The summed E-state index contributed by atoms with van der Waals surface area (Å²) in [6.07, 6.45) is 0.568. The minimum absolute atomic E-state index is 0.289. The largest absolute Gasteiger partial charge is 0.490 e. The molecule has 0 aliphatic rings. The maximum absolute atomic E-state index is 13.8. The average molecular weight is 264 g/mol. The molecule has 0 saturated heterocycles. The molecule has 0 fully saturated rings. The topological polar surface area (TPSA) is 45.0 Å². The van der Waals surface area contributed by atoms with Gasteiger partial charge in [0.15, 0.2) is 11.6 Å². The Hall–Kier alpha value is -1.60. The number of para-hydroxylation sites is 1. The first-order valence-corrected chi connectivity index (χ1v) is 6.52. The lowest BCUT2D eigenvalue weighted by atomic mass is 9.92. The van der Waals surface area contributed by atoms with Crippen LogP contribution in [0, 0.1) is 22.6 Å². The zero-order chi connectivity index (χ0) is 14.3. The maximum Gasteiger partial charge on any atom is 0.165 e. The Kier molecular flexibility index (Phi) is 5.78. The van der Waals surface area contributed by atoms with Gasteiger partial charge in [-0.1, -0.05) is 19.1 Å². The molecule has 0 aliphatic heterocycles. The Labute approximate surface area is 114 Å². The average Bonchev–Trinajstić information content (AvgIpc) is 2.38. The molecule has 1 aromatic rings. The predicted octanol–water partition coefficient (Wildman–Crippen LogP) is 3.25. The number of ether oxygens (including phenoxy) is 1. The summed E-state index contributed by atoms with van der Waals surface area (Å²) in [7, 11) is 0. The van der Waals surface area contributed by atoms with Crippen molar-refractivity contribution in [3.8, 4) is 11.8 Å². The molecule has 104 valence electrons. The van der Waals surface area contributed by atoms with E-state index >= 15 is 0 Å². The Morgan fingerprint density at radius 1 is 1.42 bits per heavy atom. The molecular formula is C15H21FN2O. The van der Waals surface area contributed by atoms with Crippen LogP contribution in [0.5, 0.6) is 5.75 Å². The normalized spacial score (nSPS) is 11.1. The minimum atomic E-state index is -0.451. The van der Waals surface area contributed by atoms with Crippen LogP contribution in [0.25, 0.3) is 0 Å². The van der Waals surface area contributed by atoms with E-state index in [1.165, 1.54) is 6.07 Å². The van der Waals surface area contributed by atoms with Gasteiger partial charge in [0.05, 0.1) is 18.1 Å². The number of hydrogen-bond donors (Lipinski definition) is 1. The van der Waals surface area contributed by atoms with Gasteiger partial charge < -0.3 is 10.1 Å². The SMILES string of the molecule is CCNCc1cccc(F)c1OCCC(C)(C)C#N. The van der Waals surface area contributed by atoms with Gasteiger partial charge in [0, 0.05) is 12.1 Å². The van der Waals surface area contributed by atoms with Crippen LogP contribution in [0.3, 0.4) is 0 Å². The summed E-state index contributed by atoms with van der Waals surface area (Å²) in [5.74, 6) is -0.0673. The molecule has 1 aromatic carbocycles. The van der Waals surface area contributed by atoms with E-state index in [1.807, 2.05) is 26.8 Å². The quantitative estimate of drug-likeness (QED) is 0.822. The third-order valence-corrected chi connectivity index (χ3v) is 2.89. The summed E-state index contributed by atoms with van der Waals surface area (Å²) in [6.45, 7) is 7.41.